The van der Waals surface area contributed by atoms with Crippen molar-refractivity contribution in [3.05, 3.63) is 12.2 Å². The first kappa shape index (κ1) is 50.2. The maximum Gasteiger partial charge on any atom is 0.472 e. The van der Waals surface area contributed by atoms with Crippen LogP contribution in [0.25, 0.3) is 0 Å². The van der Waals surface area contributed by atoms with E-state index < -0.39 is 33.2 Å². The van der Waals surface area contributed by atoms with Crippen LogP contribution in [0.1, 0.15) is 200 Å². The highest BCUT2D eigenvalue weighted by atomic mass is 31.2. The second-order valence-electron chi connectivity index (χ2n) is 14.4. The fourth-order valence-corrected chi connectivity index (χ4v) is 6.73. The molecule has 0 rings (SSSR count). The number of hydrogen-bond acceptors (Lipinski definition) is 8. The largest absolute Gasteiger partial charge is 0.472 e. The fourth-order valence-electron chi connectivity index (χ4n) is 5.94. The van der Waals surface area contributed by atoms with E-state index in [2.05, 4.69) is 26.0 Å². The Kier molecular flexibility index (Phi) is 38.3. The molecule has 0 saturated heterocycles. The van der Waals surface area contributed by atoms with E-state index in [1.165, 1.54) is 135 Å². The van der Waals surface area contributed by atoms with Crippen molar-refractivity contribution in [3.63, 3.8) is 0 Å². The van der Waals surface area contributed by atoms with Gasteiger partial charge in [-0.3, -0.25) is 13.8 Å². The topological polar surface area (TPSA) is 132 Å². The van der Waals surface area contributed by atoms with Gasteiger partial charge in [-0.25, -0.2) is 4.57 Å². The molecule has 3 N–H and O–H groups in total. The van der Waals surface area contributed by atoms with Crippen LogP contribution in [0, 0.1) is 0 Å². The van der Waals surface area contributed by atoms with Crippen LogP contribution in [0.15, 0.2) is 12.2 Å². The lowest BCUT2D eigenvalue weighted by molar-refractivity contribution is -0.154. The molecule has 0 heterocycles. The molecule has 3 unspecified atom stereocenters. The minimum Gasteiger partial charge on any atom is -0.457 e. The number of aliphatic hydroxyl groups is 2. The quantitative estimate of drug-likeness (QED) is 0.0242. The maximum absolute atomic E-state index is 12.6. The molecule has 0 saturated carbocycles. The first-order valence-electron chi connectivity index (χ1n) is 21.2. The molecule has 0 aliphatic heterocycles. The number of ether oxygens (including phenoxy) is 2. The summed E-state index contributed by atoms with van der Waals surface area (Å²) in [4.78, 5) is 22.5. The number of unbranched alkanes of at least 4 members (excludes halogenated alkanes) is 25. The van der Waals surface area contributed by atoms with Crippen LogP contribution in [-0.4, -0.2) is 66.3 Å². The number of esters is 1. The van der Waals surface area contributed by atoms with Crippen LogP contribution in [0.5, 0.6) is 0 Å². The van der Waals surface area contributed by atoms with Crippen molar-refractivity contribution in [2.24, 2.45) is 0 Å². The number of carbonyl (C=O) groups excluding carboxylic acids is 1. The molecule has 304 valence electrons. The molecule has 3 atom stereocenters. The van der Waals surface area contributed by atoms with Gasteiger partial charge in [0.1, 0.15) is 12.2 Å². The van der Waals surface area contributed by atoms with Crippen LogP contribution in [0.3, 0.4) is 0 Å². The van der Waals surface area contributed by atoms with Gasteiger partial charge in [-0.15, -0.1) is 0 Å². The molecule has 0 aliphatic rings. The van der Waals surface area contributed by atoms with Crippen molar-refractivity contribution in [1.29, 1.82) is 0 Å². The molecule has 0 spiro atoms. The van der Waals surface area contributed by atoms with E-state index >= 15 is 0 Å². The number of hydrogen-bond donors (Lipinski definition) is 3. The Morgan fingerprint density at radius 1 is 0.588 bits per heavy atom. The SMILES string of the molecule is CCCCC/C=C\CCCCCCCCOCC(COP(=O)(O)OCC(O)CO)OC(=O)CCCCCCCCCCCCCCCCCCC. The number of rotatable bonds is 41. The summed E-state index contributed by atoms with van der Waals surface area (Å²) in [6, 6.07) is 0. The minimum absolute atomic E-state index is 0.0502. The van der Waals surface area contributed by atoms with Gasteiger partial charge in [0.25, 0.3) is 0 Å². The molecule has 0 aromatic rings. The molecule has 0 aromatic heterocycles. The van der Waals surface area contributed by atoms with Crippen LogP contribution in [0.4, 0.5) is 0 Å². The molecule has 51 heavy (non-hydrogen) atoms. The highest BCUT2D eigenvalue weighted by Gasteiger charge is 2.26. The first-order valence-corrected chi connectivity index (χ1v) is 22.7. The van der Waals surface area contributed by atoms with Gasteiger partial charge in [0.2, 0.25) is 0 Å². The van der Waals surface area contributed by atoms with E-state index in [0.717, 1.165) is 44.9 Å². The van der Waals surface area contributed by atoms with Gasteiger partial charge in [0.15, 0.2) is 0 Å². The van der Waals surface area contributed by atoms with Crippen LogP contribution < -0.4 is 0 Å². The predicted molar refractivity (Wildman–Crippen MR) is 210 cm³/mol. The lowest BCUT2D eigenvalue weighted by Gasteiger charge is -2.20. The third kappa shape index (κ3) is 38.7. The van der Waals surface area contributed by atoms with Gasteiger partial charge in [-0.05, 0) is 38.5 Å². The van der Waals surface area contributed by atoms with Crippen LogP contribution in [0.2, 0.25) is 0 Å². The molecule has 0 radical (unpaired) electrons. The summed E-state index contributed by atoms with van der Waals surface area (Å²) in [7, 11) is -4.51. The zero-order valence-electron chi connectivity index (χ0n) is 33.1. The van der Waals surface area contributed by atoms with Crippen molar-refractivity contribution >= 4 is 13.8 Å². The average Bonchev–Trinajstić information content (AvgIpc) is 3.12. The Bertz CT molecular complexity index is 810. The lowest BCUT2D eigenvalue weighted by atomic mass is 10.0. The Hall–Kier alpha value is -0.800. The minimum atomic E-state index is -4.51. The Labute approximate surface area is 313 Å². The zero-order chi connectivity index (χ0) is 37.5. The Morgan fingerprint density at radius 3 is 1.51 bits per heavy atom. The molecule has 9 nitrogen and oxygen atoms in total. The maximum atomic E-state index is 12.6. The summed E-state index contributed by atoms with van der Waals surface area (Å²) in [5, 5.41) is 18.3. The van der Waals surface area contributed by atoms with Crippen molar-refractivity contribution in [3.8, 4) is 0 Å². The molecule has 0 amide bonds. The van der Waals surface area contributed by atoms with Crippen molar-refractivity contribution in [2.45, 2.75) is 212 Å². The monoisotopic (exact) mass is 749 g/mol. The molecular formula is C41H81O9P. The number of carbonyl (C=O) groups is 1. The Balaban J connectivity index is 4.14. The summed E-state index contributed by atoms with van der Waals surface area (Å²) < 4.78 is 33.3. The van der Waals surface area contributed by atoms with E-state index in [4.69, 9.17) is 23.6 Å². The van der Waals surface area contributed by atoms with Gasteiger partial charge >= 0.3 is 13.8 Å². The number of phosphoric ester groups is 1. The normalized spacial score (nSPS) is 14.2. The summed E-state index contributed by atoms with van der Waals surface area (Å²) in [6.07, 6.45) is 37.3. The van der Waals surface area contributed by atoms with Gasteiger partial charge in [-0.1, -0.05) is 167 Å². The molecule has 0 aromatic carbocycles. The van der Waals surface area contributed by atoms with E-state index in [0.29, 0.717) is 6.61 Å². The van der Waals surface area contributed by atoms with Crippen molar-refractivity contribution in [1.82, 2.24) is 0 Å². The predicted octanol–water partition coefficient (Wildman–Crippen LogP) is 11.3. The highest BCUT2D eigenvalue weighted by Crippen LogP contribution is 2.43. The summed E-state index contributed by atoms with van der Waals surface area (Å²) in [5.41, 5.74) is 0. The average molecular weight is 749 g/mol. The zero-order valence-corrected chi connectivity index (χ0v) is 34.0. The molecule has 10 heteroatoms. The van der Waals surface area contributed by atoms with E-state index in [9.17, 15) is 19.4 Å². The summed E-state index contributed by atoms with van der Waals surface area (Å²) in [6.45, 7) is 3.51. The second kappa shape index (κ2) is 38.9. The van der Waals surface area contributed by atoms with Gasteiger partial charge in [0, 0.05) is 13.0 Å². The number of allylic oxidation sites excluding steroid dienone is 2. The molecule has 0 bridgehead atoms. The van der Waals surface area contributed by atoms with Gasteiger partial charge < -0.3 is 24.6 Å². The molecular weight excluding hydrogens is 667 g/mol. The van der Waals surface area contributed by atoms with E-state index in [1.807, 2.05) is 0 Å². The Morgan fingerprint density at radius 2 is 1.00 bits per heavy atom. The van der Waals surface area contributed by atoms with Crippen LogP contribution in [-0.2, 0) is 27.9 Å². The van der Waals surface area contributed by atoms with Gasteiger partial charge in [0.05, 0.1) is 26.4 Å². The fraction of sp³-hybridized carbons (Fsp3) is 0.927. The third-order valence-electron chi connectivity index (χ3n) is 9.20. The summed E-state index contributed by atoms with van der Waals surface area (Å²) in [5.74, 6) is -0.381. The van der Waals surface area contributed by atoms with E-state index in [1.54, 1.807) is 0 Å². The lowest BCUT2D eigenvalue weighted by Crippen LogP contribution is -2.29. The van der Waals surface area contributed by atoms with Gasteiger partial charge in [-0.2, -0.15) is 0 Å². The molecule has 0 fully saturated rings. The van der Waals surface area contributed by atoms with Crippen molar-refractivity contribution < 1.29 is 43.0 Å². The highest BCUT2D eigenvalue weighted by molar-refractivity contribution is 7.47. The summed E-state index contributed by atoms with van der Waals surface area (Å²) >= 11 is 0. The standard InChI is InChI=1S/C41H81O9P/c1-3-5-7-9-11-13-15-17-18-19-20-21-23-25-27-29-31-33-41(44)50-40(38-49-51(45,46)48-36-39(43)35-42)37-47-34-32-30-28-26-24-22-16-14-12-10-8-6-4-2/h12,14,39-40,42-43H,3-11,13,15-38H2,1-2H3,(H,45,46)/b14-12-. The number of aliphatic hydroxyl groups excluding tert-OH is 2. The van der Waals surface area contributed by atoms with E-state index in [-0.39, 0.29) is 25.6 Å². The first-order chi connectivity index (χ1) is 24.8. The number of phosphoric acid groups is 1. The molecule has 0 aliphatic carbocycles. The van der Waals surface area contributed by atoms with Crippen molar-refractivity contribution in [2.75, 3.05) is 33.0 Å². The van der Waals surface area contributed by atoms with Crippen LogP contribution >= 0.6 is 7.82 Å². The second-order valence-corrected chi connectivity index (χ2v) is 15.8. The smallest absolute Gasteiger partial charge is 0.457 e. The third-order valence-corrected chi connectivity index (χ3v) is 10.2.